The molecule has 0 aliphatic heterocycles. The molecule has 1 aromatic heterocycles. The fourth-order valence-electron chi connectivity index (χ4n) is 9.06. The number of hydrogen-bond donors (Lipinski definition) is 0. The summed E-state index contributed by atoms with van der Waals surface area (Å²) < 4.78 is 2.41. The van der Waals surface area contributed by atoms with E-state index in [0.29, 0.717) is 0 Å². The fourth-order valence-corrected chi connectivity index (χ4v) is 9.06. The van der Waals surface area contributed by atoms with Crippen LogP contribution in [0.5, 0.6) is 0 Å². The normalized spacial score (nSPS) is 11.6. The minimum absolute atomic E-state index is 1.16. The van der Waals surface area contributed by atoms with E-state index in [1.807, 2.05) is 0 Å². The lowest BCUT2D eigenvalue weighted by Gasteiger charge is -2.23. The van der Waals surface area contributed by atoms with E-state index in [0.717, 1.165) is 5.69 Å². The zero-order valence-electron chi connectivity index (χ0n) is 30.2. The molecule has 1 heterocycles. The van der Waals surface area contributed by atoms with Crippen molar-refractivity contribution in [2.75, 3.05) is 0 Å². The summed E-state index contributed by atoms with van der Waals surface area (Å²) >= 11 is 0. The molecular weight excluding hydrogens is 663 g/mol. The second kappa shape index (κ2) is 12.7. The molecule has 0 aliphatic rings. The van der Waals surface area contributed by atoms with Crippen molar-refractivity contribution in [1.82, 2.24) is 4.57 Å². The lowest BCUT2D eigenvalue weighted by atomic mass is 9.80. The van der Waals surface area contributed by atoms with E-state index in [1.54, 1.807) is 0 Å². The van der Waals surface area contributed by atoms with Gasteiger partial charge in [0.2, 0.25) is 0 Å². The van der Waals surface area contributed by atoms with Gasteiger partial charge >= 0.3 is 0 Å². The lowest BCUT2D eigenvalue weighted by molar-refractivity contribution is 1.18. The maximum Gasteiger partial charge on any atom is 0.0547 e. The zero-order chi connectivity index (χ0) is 36.3. The molecule has 0 radical (unpaired) electrons. The van der Waals surface area contributed by atoms with E-state index < -0.39 is 0 Å². The van der Waals surface area contributed by atoms with Gasteiger partial charge in [0.15, 0.2) is 0 Å². The Bertz CT molecular complexity index is 3190. The number of fused-ring (bicyclic) bond motifs is 6. The third-order valence-corrected chi connectivity index (χ3v) is 11.4. The highest BCUT2D eigenvalue weighted by molar-refractivity contribution is 6.25. The van der Waals surface area contributed by atoms with Gasteiger partial charge in [-0.25, -0.2) is 0 Å². The molecule has 55 heavy (non-hydrogen) atoms. The first kappa shape index (κ1) is 31.3. The summed E-state index contributed by atoms with van der Waals surface area (Å²) in [6.07, 6.45) is 0. The highest BCUT2D eigenvalue weighted by atomic mass is 15.0. The molecule has 256 valence electrons. The van der Waals surface area contributed by atoms with Crippen LogP contribution in [0.3, 0.4) is 0 Å². The average molecular weight is 698 g/mol. The van der Waals surface area contributed by atoms with Gasteiger partial charge in [-0.15, -0.1) is 0 Å². The maximum atomic E-state index is 2.41. The van der Waals surface area contributed by atoms with Crippen molar-refractivity contribution in [3.8, 4) is 50.2 Å². The second-order valence-corrected chi connectivity index (χ2v) is 14.4. The molecule has 0 saturated carbocycles. The monoisotopic (exact) mass is 697 g/mol. The molecule has 0 aliphatic carbocycles. The van der Waals surface area contributed by atoms with Gasteiger partial charge in [-0.1, -0.05) is 182 Å². The Morgan fingerprint density at radius 3 is 1.53 bits per heavy atom. The van der Waals surface area contributed by atoms with Gasteiger partial charge in [0, 0.05) is 16.5 Å². The number of hydrogen-bond acceptors (Lipinski definition) is 0. The molecule has 11 aromatic rings. The minimum Gasteiger partial charge on any atom is -0.309 e. The van der Waals surface area contributed by atoms with Crippen molar-refractivity contribution in [2.45, 2.75) is 0 Å². The van der Waals surface area contributed by atoms with Crippen LogP contribution < -0.4 is 0 Å². The third kappa shape index (κ3) is 4.94. The van der Waals surface area contributed by atoms with Crippen molar-refractivity contribution in [3.05, 3.63) is 212 Å². The molecule has 0 N–H and O–H groups in total. The number of aromatic nitrogens is 1. The van der Waals surface area contributed by atoms with Crippen LogP contribution in [-0.4, -0.2) is 4.57 Å². The quantitative estimate of drug-likeness (QED) is 0.158. The van der Waals surface area contributed by atoms with Crippen LogP contribution in [0.2, 0.25) is 0 Å². The standard InChI is InChI=1S/C54H35N/c1-3-18-37(19-4-1)41-28-15-29-47(44-30-16-32-50-52(44)48-27-13-14-31-49(48)55(50)40-21-5-2-6-22-40)53(41)54-45-25-11-9-23-42(45)51(43-24-10-12-26-46(43)54)39-34-33-36-17-7-8-20-38(36)35-39/h1-35H. The highest BCUT2D eigenvalue weighted by Gasteiger charge is 2.24. The summed E-state index contributed by atoms with van der Waals surface area (Å²) in [5.41, 5.74) is 13.4. The summed E-state index contributed by atoms with van der Waals surface area (Å²) in [5.74, 6) is 0. The number of nitrogens with zero attached hydrogens (tertiary/aromatic N) is 1. The minimum atomic E-state index is 1.16. The molecule has 0 amide bonds. The molecule has 10 aromatic carbocycles. The van der Waals surface area contributed by atoms with Crippen molar-refractivity contribution in [1.29, 1.82) is 0 Å². The van der Waals surface area contributed by atoms with Crippen LogP contribution in [0, 0.1) is 0 Å². The number of rotatable bonds is 5. The second-order valence-electron chi connectivity index (χ2n) is 14.4. The molecule has 0 fully saturated rings. The first-order valence-corrected chi connectivity index (χ1v) is 19.0. The molecule has 0 saturated heterocycles. The van der Waals surface area contributed by atoms with Crippen molar-refractivity contribution in [3.63, 3.8) is 0 Å². The first-order valence-electron chi connectivity index (χ1n) is 19.0. The van der Waals surface area contributed by atoms with Gasteiger partial charge in [-0.2, -0.15) is 0 Å². The summed E-state index contributed by atoms with van der Waals surface area (Å²) in [4.78, 5) is 0. The molecule has 1 nitrogen and oxygen atoms in total. The van der Waals surface area contributed by atoms with Crippen molar-refractivity contribution in [2.24, 2.45) is 0 Å². The Balaban J connectivity index is 1.29. The fraction of sp³-hybridized carbons (Fsp3) is 0. The van der Waals surface area contributed by atoms with Gasteiger partial charge in [0.05, 0.1) is 11.0 Å². The third-order valence-electron chi connectivity index (χ3n) is 11.4. The van der Waals surface area contributed by atoms with E-state index in [2.05, 4.69) is 217 Å². The topological polar surface area (TPSA) is 4.93 Å². The van der Waals surface area contributed by atoms with Crippen LogP contribution in [0.25, 0.3) is 104 Å². The summed E-state index contributed by atoms with van der Waals surface area (Å²) in [5, 5.41) is 9.99. The van der Waals surface area contributed by atoms with E-state index in [1.165, 1.54) is 98.6 Å². The molecule has 0 bridgehead atoms. The molecule has 0 spiro atoms. The van der Waals surface area contributed by atoms with E-state index in [4.69, 9.17) is 0 Å². The molecule has 0 atom stereocenters. The van der Waals surface area contributed by atoms with Crippen molar-refractivity contribution >= 4 is 54.1 Å². The summed E-state index contributed by atoms with van der Waals surface area (Å²) in [6.45, 7) is 0. The van der Waals surface area contributed by atoms with Crippen LogP contribution in [0.15, 0.2) is 212 Å². The lowest BCUT2D eigenvalue weighted by Crippen LogP contribution is -1.96. The Labute approximate surface area is 320 Å². The smallest absolute Gasteiger partial charge is 0.0547 e. The highest BCUT2D eigenvalue weighted by Crippen LogP contribution is 2.51. The predicted octanol–water partition coefficient (Wildman–Crippen LogP) is 14.9. The Morgan fingerprint density at radius 1 is 0.273 bits per heavy atom. The van der Waals surface area contributed by atoms with Crippen molar-refractivity contribution < 1.29 is 0 Å². The van der Waals surface area contributed by atoms with Crippen LogP contribution >= 0.6 is 0 Å². The molecule has 1 heteroatoms. The van der Waals surface area contributed by atoms with Gasteiger partial charge < -0.3 is 4.57 Å². The number of benzene rings is 10. The van der Waals surface area contributed by atoms with Gasteiger partial charge in [-0.3, -0.25) is 0 Å². The molecule has 11 rings (SSSR count). The van der Waals surface area contributed by atoms with Gasteiger partial charge in [-0.05, 0) is 107 Å². The van der Waals surface area contributed by atoms with Crippen LogP contribution in [-0.2, 0) is 0 Å². The van der Waals surface area contributed by atoms with Crippen LogP contribution in [0.4, 0.5) is 0 Å². The Hall–Kier alpha value is -7.22. The predicted molar refractivity (Wildman–Crippen MR) is 235 cm³/mol. The largest absolute Gasteiger partial charge is 0.309 e. The molecular formula is C54H35N. The molecule has 0 unspecified atom stereocenters. The SMILES string of the molecule is c1ccc(-c2cccc(-c3cccc4c3c3ccccc3n4-c3ccccc3)c2-c2c3ccccc3c(-c3ccc4ccccc4c3)c3ccccc23)cc1. The van der Waals surface area contributed by atoms with E-state index in [9.17, 15) is 0 Å². The van der Waals surface area contributed by atoms with Crippen LogP contribution in [0.1, 0.15) is 0 Å². The summed E-state index contributed by atoms with van der Waals surface area (Å²) in [6, 6.07) is 77.8. The number of para-hydroxylation sites is 2. The van der Waals surface area contributed by atoms with Gasteiger partial charge in [0.25, 0.3) is 0 Å². The average Bonchev–Trinajstić information content (AvgIpc) is 3.60. The first-order chi connectivity index (χ1) is 27.3. The maximum absolute atomic E-state index is 2.41. The van der Waals surface area contributed by atoms with E-state index in [-0.39, 0.29) is 0 Å². The summed E-state index contributed by atoms with van der Waals surface area (Å²) in [7, 11) is 0. The van der Waals surface area contributed by atoms with E-state index >= 15 is 0 Å². The Morgan fingerprint density at radius 2 is 0.800 bits per heavy atom. The zero-order valence-corrected chi connectivity index (χ0v) is 30.2. The van der Waals surface area contributed by atoms with Gasteiger partial charge in [0.1, 0.15) is 0 Å². The Kier molecular flexibility index (Phi) is 7.25.